The summed E-state index contributed by atoms with van der Waals surface area (Å²) in [6, 6.07) is 19.3. The van der Waals surface area contributed by atoms with Gasteiger partial charge in [-0.3, -0.25) is 9.59 Å². The van der Waals surface area contributed by atoms with Crippen molar-refractivity contribution in [2.45, 2.75) is 44.6 Å². The van der Waals surface area contributed by atoms with Crippen molar-refractivity contribution in [2.75, 3.05) is 5.75 Å². The van der Waals surface area contributed by atoms with Crippen LogP contribution < -0.4 is 5.32 Å². The second-order valence-corrected chi connectivity index (χ2v) is 11.4. The van der Waals surface area contributed by atoms with Crippen molar-refractivity contribution in [1.82, 2.24) is 10.2 Å². The Labute approximate surface area is 242 Å². The number of hydrogen-bond acceptors (Lipinski definition) is 3. The van der Waals surface area contributed by atoms with Crippen molar-refractivity contribution in [3.8, 4) is 0 Å². The van der Waals surface area contributed by atoms with E-state index in [1.54, 1.807) is 41.3 Å². The Morgan fingerprint density at radius 2 is 1.35 bits per heavy atom. The molecule has 0 aliphatic heterocycles. The van der Waals surface area contributed by atoms with Gasteiger partial charge in [0, 0.05) is 50.4 Å². The molecule has 1 N–H and O–H groups in total. The predicted molar refractivity (Wildman–Crippen MR) is 157 cm³/mol. The summed E-state index contributed by atoms with van der Waals surface area (Å²) in [5, 5.41) is 4.93. The zero-order valence-electron chi connectivity index (χ0n) is 20.5. The van der Waals surface area contributed by atoms with Gasteiger partial charge in [0.25, 0.3) is 0 Å². The van der Waals surface area contributed by atoms with Crippen LogP contribution in [0.25, 0.3) is 0 Å². The molecule has 0 bridgehead atoms. The molecule has 37 heavy (non-hydrogen) atoms. The summed E-state index contributed by atoms with van der Waals surface area (Å²) in [6.07, 6.45) is 0.341. The van der Waals surface area contributed by atoms with Gasteiger partial charge in [0.15, 0.2) is 0 Å². The first-order valence-corrected chi connectivity index (χ1v) is 14.4. The Balaban J connectivity index is 1.91. The fraction of sp³-hybridized carbons (Fsp3) is 0.286. The maximum absolute atomic E-state index is 13.7. The first-order valence-electron chi connectivity index (χ1n) is 11.7. The van der Waals surface area contributed by atoms with Gasteiger partial charge in [0.2, 0.25) is 11.8 Å². The SMILES string of the molecule is CC(C)NC(=O)[C@@H](Cc1ccccc1)N(Cc1c(Cl)cccc1Cl)C(=O)CSCc1c(Cl)cccc1Cl. The van der Waals surface area contributed by atoms with Gasteiger partial charge in [0.1, 0.15) is 6.04 Å². The van der Waals surface area contributed by atoms with Crippen LogP contribution >= 0.6 is 58.2 Å². The molecule has 4 nitrogen and oxygen atoms in total. The topological polar surface area (TPSA) is 49.4 Å². The number of hydrogen-bond donors (Lipinski definition) is 1. The maximum Gasteiger partial charge on any atom is 0.243 e. The first kappa shape index (κ1) is 29.7. The Morgan fingerprint density at radius 3 is 1.89 bits per heavy atom. The molecule has 0 heterocycles. The second kappa shape index (κ2) is 14.3. The number of amides is 2. The molecular weight excluding hydrogens is 570 g/mol. The summed E-state index contributed by atoms with van der Waals surface area (Å²) in [5.41, 5.74) is 2.29. The number of rotatable bonds is 11. The van der Waals surface area contributed by atoms with Crippen LogP contribution in [0.2, 0.25) is 20.1 Å². The van der Waals surface area contributed by atoms with E-state index in [2.05, 4.69) is 5.32 Å². The van der Waals surface area contributed by atoms with E-state index in [9.17, 15) is 9.59 Å². The van der Waals surface area contributed by atoms with Crippen LogP contribution in [0.15, 0.2) is 66.7 Å². The molecule has 3 aromatic carbocycles. The van der Waals surface area contributed by atoms with Crippen LogP contribution in [0.4, 0.5) is 0 Å². The highest BCUT2D eigenvalue weighted by molar-refractivity contribution is 7.99. The third-order valence-electron chi connectivity index (χ3n) is 5.63. The van der Waals surface area contributed by atoms with E-state index in [0.717, 1.165) is 11.1 Å². The maximum atomic E-state index is 13.7. The molecule has 0 fully saturated rings. The van der Waals surface area contributed by atoms with E-state index in [4.69, 9.17) is 46.4 Å². The fourth-order valence-electron chi connectivity index (χ4n) is 3.78. The molecule has 0 saturated carbocycles. The summed E-state index contributed by atoms with van der Waals surface area (Å²) >= 11 is 26.9. The zero-order valence-corrected chi connectivity index (χ0v) is 24.4. The molecule has 0 spiro atoms. The van der Waals surface area contributed by atoms with Gasteiger partial charge in [0.05, 0.1) is 5.75 Å². The number of halogens is 4. The highest BCUT2D eigenvalue weighted by Gasteiger charge is 2.31. The number of benzene rings is 3. The molecule has 0 aliphatic rings. The summed E-state index contributed by atoms with van der Waals surface area (Å²) in [6.45, 7) is 3.86. The van der Waals surface area contributed by atoms with E-state index in [1.807, 2.05) is 44.2 Å². The molecule has 3 rings (SSSR count). The monoisotopic (exact) mass is 596 g/mol. The summed E-state index contributed by atoms with van der Waals surface area (Å²) in [4.78, 5) is 28.7. The van der Waals surface area contributed by atoms with Crippen molar-refractivity contribution in [3.05, 3.63) is 104 Å². The second-order valence-electron chi connectivity index (χ2n) is 8.78. The van der Waals surface area contributed by atoms with Crippen LogP contribution in [-0.4, -0.2) is 34.6 Å². The number of nitrogens with zero attached hydrogens (tertiary/aromatic N) is 1. The van der Waals surface area contributed by atoms with E-state index < -0.39 is 6.04 Å². The highest BCUT2D eigenvalue weighted by atomic mass is 35.5. The molecule has 3 aromatic rings. The largest absolute Gasteiger partial charge is 0.352 e. The molecule has 9 heteroatoms. The third-order valence-corrected chi connectivity index (χ3v) is 7.99. The number of carbonyl (C=O) groups is 2. The van der Waals surface area contributed by atoms with Gasteiger partial charge in [-0.15, -0.1) is 11.8 Å². The minimum atomic E-state index is -0.769. The van der Waals surface area contributed by atoms with Crippen molar-refractivity contribution in [1.29, 1.82) is 0 Å². The van der Waals surface area contributed by atoms with Gasteiger partial charge in [-0.1, -0.05) is 88.9 Å². The van der Waals surface area contributed by atoms with E-state index in [1.165, 1.54) is 11.8 Å². The molecule has 0 aromatic heterocycles. The quantitative estimate of drug-likeness (QED) is 0.246. The van der Waals surface area contributed by atoms with Crippen LogP contribution in [0.1, 0.15) is 30.5 Å². The number of thioether (sulfide) groups is 1. The van der Waals surface area contributed by atoms with Crippen LogP contribution in [-0.2, 0) is 28.3 Å². The Hall–Kier alpha value is -1.89. The Morgan fingerprint density at radius 1 is 0.811 bits per heavy atom. The van der Waals surface area contributed by atoms with Crippen LogP contribution in [0, 0.1) is 0 Å². The number of nitrogens with one attached hydrogen (secondary N) is 1. The lowest BCUT2D eigenvalue weighted by atomic mass is 10.0. The van der Waals surface area contributed by atoms with Crippen molar-refractivity contribution >= 4 is 70.0 Å². The van der Waals surface area contributed by atoms with Crippen molar-refractivity contribution in [3.63, 3.8) is 0 Å². The van der Waals surface area contributed by atoms with Gasteiger partial charge >= 0.3 is 0 Å². The summed E-state index contributed by atoms with van der Waals surface area (Å²) < 4.78 is 0. The standard InChI is InChI=1S/C28H28Cl4N2O2S/c1-18(2)33-28(36)26(14-19-8-4-3-5-9-19)34(15-20-22(29)10-6-11-23(20)30)27(35)17-37-16-21-24(31)12-7-13-25(21)32/h3-13,18,26H,14-17H2,1-2H3,(H,33,36)/t26-/m1/s1. The smallest absolute Gasteiger partial charge is 0.243 e. The molecule has 1 atom stereocenters. The van der Waals surface area contributed by atoms with E-state index >= 15 is 0 Å². The fourth-order valence-corrected chi connectivity index (χ4v) is 5.95. The average Bonchev–Trinajstić information content (AvgIpc) is 2.84. The van der Waals surface area contributed by atoms with E-state index in [-0.39, 0.29) is 30.2 Å². The minimum absolute atomic E-state index is 0.0910. The lowest BCUT2D eigenvalue weighted by molar-refractivity contribution is -0.139. The van der Waals surface area contributed by atoms with Gasteiger partial charge < -0.3 is 10.2 Å². The minimum Gasteiger partial charge on any atom is -0.352 e. The summed E-state index contributed by atoms with van der Waals surface area (Å²) in [7, 11) is 0. The molecule has 196 valence electrons. The lowest BCUT2D eigenvalue weighted by Gasteiger charge is -2.32. The number of carbonyl (C=O) groups excluding carboxylic acids is 2. The molecule has 0 radical (unpaired) electrons. The van der Waals surface area contributed by atoms with Gasteiger partial charge in [-0.05, 0) is 49.2 Å². The molecule has 0 saturated heterocycles. The molecule has 0 unspecified atom stereocenters. The Bertz CT molecular complexity index is 1180. The zero-order chi connectivity index (χ0) is 26.9. The molecular formula is C28H28Cl4N2O2S. The molecule has 2 amide bonds. The Kier molecular flexibility index (Phi) is 11.5. The van der Waals surface area contributed by atoms with Crippen molar-refractivity contribution in [2.24, 2.45) is 0 Å². The van der Waals surface area contributed by atoms with Crippen LogP contribution in [0.5, 0.6) is 0 Å². The molecule has 0 aliphatic carbocycles. The van der Waals surface area contributed by atoms with Gasteiger partial charge in [-0.2, -0.15) is 0 Å². The highest BCUT2D eigenvalue weighted by Crippen LogP contribution is 2.30. The average molecular weight is 598 g/mol. The van der Waals surface area contributed by atoms with Gasteiger partial charge in [-0.25, -0.2) is 0 Å². The normalized spacial score (nSPS) is 11.9. The third kappa shape index (κ3) is 8.56. The van der Waals surface area contributed by atoms with Crippen molar-refractivity contribution < 1.29 is 9.59 Å². The summed E-state index contributed by atoms with van der Waals surface area (Å²) in [5.74, 6) is 0.106. The van der Waals surface area contributed by atoms with Crippen LogP contribution in [0.3, 0.4) is 0 Å². The predicted octanol–water partition coefficient (Wildman–Crippen LogP) is 7.70. The lowest BCUT2D eigenvalue weighted by Crippen LogP contribution is -2.52. The first-order chi connectivity index (χ1) is 17.7. The van der Waals surface area contributed by atoms with E-state index in [0.29, 0.717) is 37.8 Å².